The van der Waals surface area contributed by atoms with Crippen molar-refractivity contribution in [3.63, 3.8) is 0 Å². The van der Waals surface area contributed by atoms with Gasteiger partial charge in [-0.05, 0) is 37.0 Å². The number of carbonyl (C=O) groups excluding carboxylic acids is 1. The summed E-state index contributed by atoms with van der Waals surface area (Å²) in [6, 6.07) is 0. The smallest absolute Gasteiger partial charge is 0.147 e. The fourth-order valence-electron chi connectivity index (χ4n) is 4.43. The lowest BCUT2D eigenvalue weighted by Gasteiger charge is -2.55. The Labute approximate surface area is 128 Å². The Bertz CT molecular complexity index is 366. The Hall–Kier alpha value is -0.450. The van der Waals surface area contributed by atoms with Crippen molar-refractivity contribution in [2.75, 3.05) is 27.1 Å². The number of rotatable bonds is 6. The van der Waals surface area contributed by atoms with E-state index < -0.39 is 0 Å². The highest BCUT2D eigenvalue weighted by Gasteiger charge is 2.55. The van der Waals surface area contributed by atoms with Crippen LogP contribution in [0, 0.1) is 16.7 Å². The Balaban J connectivity index is 1.95. The summed E-state index contributed by atoms with van der Waals surface area (Å²) >= 11 is 0. The fourth-order valence-corrected chi connectivity index (χ4v) is 4.43. The molecule has 122 valence electrons. The molecule has 0 unspecified atom stereocenters. The van der Waals surface area contributed by atoms with Crippen molar-refractivity contribution in [2.45, 2.75) is 59.0 Å². The van der Waals surface area contributed by atoms with Gasteiger partial charge < -0.3 is 14.2 Å². The lowest BCUT2D eigenvalue weighted by atomic mass is 9.50. The van der Waals surface area contributed by atoms with Gasteiger partial charge in [0.15, 0.2) is 0 Å². The molecule has 0 aromatic heterocycles. The van der Waals surface area contributed by atoms with Crippen LogP contribution in [-0.2, 0) is 19.0 Å². The Morgan fingerprint density at radius 1 is 1.19 bits per heavy atom. The van der Waals surface area contributed by atoms with Crippen LogP contribution in [0.2, 0.25) is 0 Å². The summed E-state index contributed by atoms with van der Waals surface area (Å²) in [5.74, 6) is 0.880. The second-order valence-electron chi connectivity index (χ2n) is 7.32. The summed E-state index contributed by atoms with van der Waals surface area (Å²) in [5.41, 5.74) is -0.119. The lowest BCUT2D eigenvalue weighted by Crippen LogP contribution is -2.55. The summed E-state index contributed by atoms with van der Waals surface area (Å²) in [4.78, 5) is 12.4. The SMILES string of the molecule is COCCOCO[C@H]1CC[C@@]2(C)C(=O)CCC[C@@H]2C1(C)C. The zero-order valence-electron chi connectivity index (χ0n) is 13.9. The van der Waals surface area contributed by atoms with Gasteiger partial charge in [0, 0.05) is 18.9 Å². The summed E-state index contributed by atoms with van der Waals surface area (Å²) in [6.45, 7) is 8.15. The topological polar surface area (TPSA) is 44.8 Å². The first kappa shape index (κ1) is 16.9. The lowest BCUT2D eigenvalue weighted by molar-refractivity contribution is -0.185. The molecule has 21 heavy (non-hydrogen) atoms. The van der Waals surface area contributed by atoms with E-state index in [2.05, 4.69) is 20.8 Å². The number of Topliss-reactive ketones (excluding diaryl/α,β-unsaturated/α-hetero) is 1. The molecule has 0 saturated heterocycles. The summed E-state index contributed by atoms with van der Waals surface area (Å²) in [6.07, 6.45) is 4.99. The minimum absolute atomic E-state index is 0.0215. The standard InChI is InChI=1S/C17H30O4/c1-16(2)13-6-5-7-14(18)17(13,3)9-8-15(16)21-12-20-11-10-19-4/h13,15H,5-12H2,1-4H3/t13-,15+,17-/m1/s1. The molecular formula is C17H30O4. The van der Waals surface area contributed by atoms with Crippen molar-refractivity contribution in [1.82, 2.24) is 0 Å². The predicted molar refractivity (Wildman–Crippen MR) is 81.0 cm³/mol. The minimum atomic E-state index is -0.140. The van der Waals surface area contributed by atoms with Gasteiger partial charge in [-0.1, -0.05) is 20.8 Å². The van der Waals surface area contributed by atoms with E-state index in [1.807, 2.05) is 0 Å². The molecule has 0 bridgehead atoms. The second kappa shape index (κ2) is 6.76. The van der Waals surface area contributed by atoms with E-state index in [1.54, 1.807) is 7.11 Å². The predicted octanol–water partition coefficient (Wildman–Crippen LogP) is 3.19. The van der Waals surface area contributed by atoms with Crippen molar-refractivity contribution in [1.29, 1.82) is 0 Å². The number of ether oxygens (including phenoxy) is 3. The largest absolute Gasteiger partial charge is 0.382 e. The first-order valence-electron chi connectivity index (χ1n) is 8.14. The Morgan fingerprint density at radius 3 is 2.67 bits per heavy atom. The van der Waals surface area contributed by atoms with Gasteiger partial charge >= 0.3 is 0 Å². The van der Waals surface area contributed by atoms with E-state index in [9.17, 15) is 4.79 Å². The maximum Gasteiger partial charge on any atom is 0.147 e. The molecule has 0 N–H and O–H groups in total. The third kappa shape index (κ3) is 3.33. The van der Waals surface area contributed by atoms with Gasteiger partial charge in [0.25, 0.3) is 0 Å². The van der Waals surface area contributed by atoms with E-state index in [1.165, 1.54) is 0 Å². The minimum Gasteiger partial charge on any atom is -0.382 e. The number of hydrogen-bond acceptors (Lipinski definition) is 4. The first-order chi connectivity index (χ1) is 9.93. The number of methoxy groups -OCH3 is 1. The van der Waals surface area contributed by atoms with Crippen molar-refractivity contribution in [3.8, 4) is 0 Å². The number of hydrogen-bond donors (Lipinski definition) is 0. The third-order valence-electron chi connectivity index (χ3n) is 5.74. The molecule has 0 aliphatic heterocycles. The van der Waals surface area contributed by atoms with Crippen LogP contribution in [-0.4, -0.2) is 39.0 Å². The highest BCUT2D eigenvalue weighted by atomic mass is 16.7. The normalized spacial score (nSPS) is 35.5. The molecule has 0 heterocycles. The van der Waals surface area contributed by atoms with Gasteiger partial charge in [-0.25, -0.2) is 0 Å². The Morgan fingerprint density at radius 2 is 1.95 bits per heavy atom. The number of fused-ring (bicyclic) bond motifs is 1. The first-order valence-corrected chi connectivity index (χ1v) is 8.14. The highest BCUT2D eigenvalue weighted by molar-refractivity contribution is 5.85. The van der Waals surface area contributed by atoms with Crippen LogP contribution < -0.4 is 0 Å². The van der Waals surface area contributed by atoms with Gasteiger partial charge in [-0.2, -0.15) is 0 Å². The second-order valence-corrected chi connectivity index (χ2v) is 7.32. The summed E-state index contributed by atoms with van der Waals surface area (Å²) in [5, 5.41) is 0. The monoisotopic (exact) mass is 298 g/mol. The van der Waals surface area contributed by atoms with Crippen LogP contribution in [0.5, 0.6) is 0 Å². The molecule has 2 aliphatic rings. The van der Waals surface area contributed by atoms with Crippen molar-refractivity contribution < 1.29 is 19.0 Å². The quantitative estimate of drug-likeness (QED) is 0.558. The van der Waals surface area contributed by atoms with E-state index in [0.29, 0.717) is 31.7 Å². The zero-order chi connectivity index (χ0) is 15.5. The molecule has 0 aromatic carbocycles. The van der Waals surface area contributed by atoms with E-state index in [0.717, 1.165) is 32.1 Å². The molecular weight excluding hydrogens is 268 g/mol. The van der Waals surface area contributed by atoms with Gasteiger partial charge in [-0.15, -0.1) is 0 Å². The van der Waals surface area contributed by atoms with Crippen LogP contribution in [0.1, 0.15) is 52.9 Å². The zero-order valence-corrected chi connectivity index (χ0v) is 13.9. The van der Waals surface area contributed by atoms with E-state index >= 15 is 0 Å². The van der Waals surface area contributed by atoms with Crippen LogP contribution >= 0.6 is 0 Å². The van der Waals surface area contributed by atoms with Crippen LogP contribution in [0.4, 0.5) is 0 Å². The molecule has 4 heteroatoms. The summed E-state index contributed by atoms with van der Waals surface area (Å²) < 4.78 is 16.4. The molecule has 2 fully saturated rings. The van der Waals surface area contributed by atoms with E-state index in [-0.39, 0.29) is 16.9 Å². The molecule has 3 atom stereocenters. The molecule has 2 saturated carbocycles. The van der Waals surface area contributed by atoms with Gasteiger partial charge in [0.05, 0.1) is 19.3 Å². The molecule has 4 nitrogen and oxygen atoms in total. The van der Waals surface area contributed by atoms with Crippen molar-refractivity contribution in [3.05, 3.63) is 0 Å². The maximum absolute atomic E-state index is 12.4. The molecule has 0 radical (unpaired) electrons. The summed E-state index contributed by atoms with van der Waals surface area (Å²) in [7, 11) is 1.66. The van der Waals surface area contributed by atoms with E-state index in [4.69, 9.17) is 14.2 Å². The van der Waals surface area contributed by atoms with Gasteiger partial charge in [0.1, 0.15) is 12.6 Å². The van der Waals surface area contributed by atoms with Crippen molar-refractivity contribution >= 4 is 5.78 Å². The number of carbonyl (C=O) groups is 1. The third-order valence-corrected chi connectivity index (χ3v) is 5.74. The molecule has 0 amide bonds. The Kier molecular flexibility index (Phi) is 5.44. The fraction of sp³-hybridized carbons (Fsp3) is 0.941. The average molecular weight is 298 g/mol. The molecule has 2 rings (SSSR count). The van der Waals surface area contributed by atoms with Crippen molar-refractivity contribution in [2.24, 2.45) is 16.7 Å². The molecule has 0 aromatic rings. The maximum atomic E-state index is 12.4. The van der Waals surface area contributed by atoms with Crippen LogP contribution in [0.3, 0.4) is 0 Å². The number of ketones is 1. The van der Waals surface area contributed by atoms with Crippen LogP contribution in [0.25, 0.3) is 0 Å². The average Bonchev–Trinajstić information content (AvgIpc) is 2.43. The van der Waals surface area contributed by atoms with Gasteiger partial charge in [0.2, 0.25) is 0 Å². The highest BCUT2D eigenvalue weighted by Crippen LogP contribution is 2.56. The van der Waals surface area contributed by atoms with Crippen LogP contribution in [0.15, 0.2) is 0 Å². The van der Waals surface area contributed by atoms with Gasteiger partial charge in [-0.3, -0.25) is 4.79 Å². The molecule has 2 aliphatic carbocycles. The molecule has 0 spiro atoms.